The van der Waals surface area contributed by atoms with Crippen molar-refractivity contribution in [3.05, 3.63) is 54.3 Å². The molecule has 3 unspecified atom stereocenters. The van der Waals surface area contributed by atoms with Gasteiger partial charge in [0, 0.05) is 30.1 Å². The number of esters is 1. The molecule has 3 aliphatic rings. The largest absolute Gasteiger partial charge is 0.460 e. The molecule has 4 aromatic rings. The molecule has 0 spiro atoms. The number of rotatable bonds is 7. The smallest absolute Gasteiger partial charge is 0.411 e. The van der Waals surface area contributed by atoms with Gasteiger partial charge in [0.2, 0.25) is 0 Å². The Kier molecular flexibility index (Phi) is 8.56. The summed E-state index contributed by atoms with van der Waals surface area (Å²) in [5.74, 6) is 1.37. The molecule has 45 heavy (non-hydrogen) atoms. The first-order valence-corrected chi connectivity index (χ1v) is 16.6. The van der Waals surface area contributed by atoms with Gasteiger partial charge in [-0.3, -0.25) is 14.6 Å². The number of aromatic nitrogens is 1. The topological polar surface area (TPSA) is 94.3 Å². The minimum atomic E-state index is -0.667. The molecule has 2 aliphatic heterocycles. The quantitative estimate of drug-likeness (QED) is 0.188. The summed E-state index contributed by atoms with van der Waals surface area (Å²) in [6.45, 7) is 12.4. The van der Waals surface area contributed by atoms with E-state index in [9.17, 15) is 9.59 Å². The molecule has 2 aromatic heterocycles. The van der Waals surface area contributed by atoms with Gasteiger partial charge in [0.05, 0.1) is 16.8 Å². The first-order valence-electron chi connectivity index (χ1n) is 15.8. The molecular formula is C35H43N3O6S. The Morgan fingerprint density at radius 1 is 1.02 bits per heavy atom. The number of carbonyl (C=O) groups is 2. The molecule has 1 amide bonds. The minimum Gasteiger partial charge on any atom is -0.460 e. The van der Waals surface area contributed by atoms with Gasteiger partial charge >= 0.3 is 12.1 Å². The van der Waals surface area contributed by atoms with Crippen molar-refractivity contribution >= 4 is 44.6 Å². The van der Waals surface area contributed by atoms with E-state index in [-0.39, 0.29) is 24.5 Å². The van der Waals surface area contributed by atoms with Crippen molar-refractivity contribution in [1.29, 1.82) is 0 Å². The Labute approximate surface area is 268 Å². The molecule has 0 N–H and O–H groups in total. The standard InChI is InChI=1S/C35H43N3O6S/c1-34(2,3)43-31(39)21-38(33(40)44-35(4,5)6)28-17-24-11-9-10-23(28)19-37(24)20-26-16-22-14-15-25(18-29(22)41-26)42-32-36-27-12-7-8-13-30(27)45-32/h7-8,12-16,18,23-24,28H,9-11,17,19-21H2,1-6H3. The summed E-state index contributed by atoms with van der Waals surface area (Å²) in [4.78, 5) is 35.1. The highest BCUT2D eigenvalue weighted by molar-refractivity contribution is 7.20. The zero-order valence-electron chi connectivity index (χ0n) is 27.0. The lowest BCUT2D eigenvalue weighted by Gasteiger charge is -2.45. The molecule has 240 valence electrons. The lowest BCUT2D eigenvalue weighted by molar-refractivity contribution is -0.157. The molecule has 7 rings (SSSR count). The molecule has 2 aromatic carbocycles. The number of thiazole rings is 1. The highest BCUT2D eigenvalue weighted by Crippen LogP contribution is 2.39. The van der Waals surface area contributed by atoms with Crippen molar-refractivity contribution in [3.8, 4) is 10.9 Å². The maximum atomic E-state index is 13.5. The highest BCUT2D eigenvalue weighted by Gasteiger charge is 2.44. The Balaban J connectivity index is 1.16. The maximum Gasteiger partial charge on any atom is 0.411 e. The van der Waals surface area contributed by atoms with Crippen molar-refractivity contribution in [2.45, 2.75) is 97.1 Å². The van der Waals surface area contributed by atoms with Crippen LogP contribution in [0.5, 0.6) is 10.9 Å². The van der Waals surface area contributed by atoms with Gasteiger partial charge in [-0.25, -0.2) is 9.78 Å². The van der Waals surface area contributed by atoms with Crippen LogP contribution in [-0.2, 0) is 20.8 Å². The number of ether oxygens (including phenoxy) is 3. The van der Waals surface area contributed by atoms with E-state index in [1.165, 1.54) is 11.3 Å². The zero-order valence-corrected chi connectivity index (χ0v) is 27.8. The third kappa shape index (κ3) is 7.61. The van der Waals surface area contributed by atoms with Crippen molar-refractivity contribution in [3.63, 3.8) is 0 Å². The van der Waals surface area contributed by atoms with Gasteiger partial charge in [0.1, 0.15) is 34.8 Å². The second-order valence-electron chi connectivity index (χ2n) is 14.2. The van der Waals surface area contributed by atoms with Crippen LogP contribution in [0, 0.1) is 5.92 Å². The molecular weight excluding hydrogens is 590 g/mol. The predicted octanol–water partition coefficient (Wildman–Crippen LogP) is 8.16. The van der Waals surface area contributed by atoms with E-state index in [1.54, 1.807) is 4.90 Å². The number of benzene rings is 2. The van der Waals surface area contributed by atoms with Gasteiger partial charge < -0.3 is 18.6 Å². The fourth-order valence-corrected chi connectivity index (χ4v) is 7.36. The van der Waals surface area contributed by atoms with Gasteiger partial charge in [-0.05, 0) is 97.1 Å². The number of hydrogen-bond acceptors (Lipinski definition) is 9. The molecule has 2 bridgehead atoms. The van der Waals surface area contributed by atoms with Crippen LogP contribution in [-0.4, -0.2) is 63.2 Å². The summed E-state index contributed by atoms with van der Waals surface area (Å²) in [5, 5.41) is 1.62. The van der Waals surface area contributed by atoms with Crippen LogP contribution in [0.4, 0.5) is 4.79 Å². The van der Waals surface area contributed by atoms with Crippen molar-refractivity contribution in [1.82, 2.24) is 14.8 Å². The van der Waals surface area contributed by atoms with Crippen LogP contribution in [0.2, 0.25) is 0 Å². The van der Waals surface area contributed by atoms with Crippen LogP contribution in [0.3, 0.4) is 0 Å². The van der Waals surface area contributed by atoms with Crippen LogP contribution < -0.4 is 4.74 Å². The Morgan fingerprint density at radius 2 is 1.80 bits per heavy atom. The van der Waals surface area contributed by atoms with Crippen LogP contribution in [0.15, 0.2) is 52.9 Å². The molecule has 9 nitrogen and oxygen atoms in total. The number of furan rings is 1. The molecule has 1 aliphatic carbocycles. The van der Waals surface area contributed by atoms with Crippen LogP contribution in [0.25, 0.3) is 21.2 Å². The van der Waals surface area contributed by atoms with E-state index in [0.29, 0.717) is 17.5 Å². The number of fused-ring (bicyclic) bond motifs is 6. The summed E-state index contributed by atoms with van der Waals surface area (Å²) in [6, 6.07) is 16.1. The third-order valence-corrected chi connectivity index (χ3v) is 9.20. The number of piperidine rings is 1. The van der Waals surface area contributed by atoms with Gasteiger partial charge in [-0.15, -0.1) is 0 Å². The number of nitrogens with zero attached hydrogens (tertiary/aromatic N) is 3. The molecule has 10 heteroatoms. The third-order valence-electron chi connectivity index (χ3n) is 8.28. The monoisotopic (exact) mass is 633 g/mol. The van der Waals surface area contributed by atoms with E-state index in [2.05, 4.69) is 16.0 Å². The van der Waals surface area contributed by atoms with Crippen molar-refractivity contribution in [2.75, 3.05) is 13.1 Å². The summed E-state index contributed by atoms with van der Waals surface area (Å²) >= 11 is 1.52. The summed E-state index contributed by atoms with van der Waals surface area (Å²) < 4.78 is 24.9. The lowest BCUT2D eigenvalue weighted by atomic mass is 9.87. The van der Waals surface area contributed by atoms with Gasteiger partial charge in [0.15, 0.2) is 0 Å². The first-order chi connectivity index (χ1) is 21.3. The molecule has 0 radical (unpaired) electrons. The average molecular weight is 634 g/mol. The van der Waals surface area contributed by atoms with E-state index in [0.717, 1.165) is 59.2 Å². The van der Waals surface area contributed by atoms with E-state index < -0.39 is 23.3 Å². The fourth-order valence-electron chi connectivity index (χ4n) is 6.52. The molecule has 2 saturated heterocycles. The van der Waals surface area contributed by atoms with Crippen molar-refractivity contribution < 1.29 is 28.2 Å². The number of amides is 1. The maximum absolute atomic E-state index is 13.5. The summed E-state index contributed by atoms with van der Waals surface area (Å²) in [5.41, 5.74) is 0.395. The normalized spacial score (nSPS) is 20.7. The minimum absolute atomic E-state index is 0.103. The predicted molar refractivity (Wildman–Crippen MR) is 175 cm³/mol. The van der Waals surface area contributed by atoms with Crippen LogP contribution >= 0.6 is 11.3 Å². The summed E-state index contributed by atoms with van der Waals surface area (Å²) in [6.07, 6.45) is 3.40. The number of para-hydroxylation sites is 1. The zero-order chi connectivity index (χ0) is 31.9. The summed E-state index contributed by atoms with van der Waals surface area (Å²) in [7, 11) is 0. The van der Waals surface area contributed by atoms with Gasteiger partial charge in [-0.2, -0.15) is 0 Å². The van der Waals surface area contributed by atoms with E-state index in [4.69, 9.17) is 18.6 Å². The first kappa shape index (κ1) is 31.4. The fraction of sp³-hybridized carbons (Fsp3) is 0.514. The van der Waals surface area contributed by atoms with E-state index >= 15 is 0 Å². The lowest BCUT2D eigenvalue weighted by Crippen LogP contribution is -2.56. The molecule has 3 fully saturated rings. The van der Waals surface area contributed by atoms with Crippen molar-refractivity contribution in [2.24, 2.45) is 5.92 Å². The van der Waals surface area contributed by atoms with Gasteiger partial charge in [0.25, 0.3) is 5.19 Å². The number of carbonyl (C=O) groups excluding carboxylic acids is 2. The molecule has 3 atom stereocenters. The van der Waals surface area contributed by atoms with E-state index in [1.807, 2.05) is 84.0 Å². The SMILES string of the molecule is CC(C)(C)OC(=O)CN(C(=O)OC(C)(C)C)C1CC2CCCC1CN2Cc1cc2ccc(Oc3nc4ccccc4s3)cc2o1. The highest BCUT2D eigenvalue weighted by atomic mass is 32.1. The average Bonchev–Trinajstić information content (AvgIpc) is 3.40. The second-order valence-corrected chi connectivity index (χ2v) is 15.2. The Hall–Kier alpha value is -3.63. The molecule has 1 saturated carbocycles. The van der Waals surface area contributed by atoms with Gasteiger partial charge in [-0.1, -0.05) is 29.9 Å². The number of hydrogen-bond donors (Lipinski definition) is 0. The Bertz CT molecular complexity index is 1650. The second kappa shape index (κ2) is 12.3. The van der Waals surface area contributed by atoms with Crippen LogP contribution in [0.1, 0.15) is 73.0 Å². The molecule has 4 heterocycles. The Morgan fingerprint density at radius 3 is 2.56 bits per heavy atom.